The highest BCUT2D eigenvalue weighted by molar-refractivity contribution is 7.15. The minimum atomic E-state index is -0.608. The third-order valence-corrected chi connectivity index (χ3v) is 4.72. The van der Waals surface area contributed by atoms with E-state index in [4.69, 9.17) is 4.74 Å². The number of rotatable bonds is 8. The van der Waals surface area contributed by atoms with Gasteiger partial charge in [0.15, 0.2) is 6.10 Å². The summed E-state index contributed by atoms with van der Waals surface area (Å²) in [6.07, 6.45) is 2.24. The van der Waals surface area contributed by atoms with Crippen molar-refractivity contribution in [3.63, 3.8) is 0 Å². The van der Waals surface area contributed by atoms with Gasteiger partial charge in [-0.05, 0) is 37.5 Å². The predicted octanol–water partition coefficient (Wildman–Crippen LogP) is 4.12. The van der Waals surface area contributed by atoms with Crippen LogP contribution in [0.3, 0.4) is 0 Å². The molecule has 0 aliphatic rings. The van der Waals surface area contributed by atoms with Gasteiger partial charge >= 0.3 is 0 Å². The van der Waals surface area contributed by atoms with E-state index in [1.54, 1.807) is 6.92 Å². The second-order valence-corrected chi connectivity index (χ2v) is 6.96. The van der Waals surface area contributed by atoms with Crippen molar-refractivity contribution in [3.05, 3.63) is 71.2 Å². The van der Waals surface area contributed by atoms with Crippen molar-refractivity contribution < 1.29 is 9.53 Å². The van der Waals surface area contributed by atoms with Gasteiger partial charge in [-0.3, -0.25) is 10.1 Å². The summed E-state index contributed by atoms with van der Waals surface area (Å²) in [6, 6.07) is 19.6. The lowest BCUT2D eigenvalue weighted by atomic mass is 10.1. The van der Waals surface area contributed by atoms with Crippen molar-refractivity contribution >= 4 is 22.4 Å². The van der Waals surface area contributed by atoms with E-state index in [0.717, 1.165) is 24.3 Å². The third-order valence-electron chi connectivity index (χ3n) is 3.82. The highest BCUT2D eigenvalue weighted by atomic mass is 32.1. The van der Waals surface area contributed by atoms with Crippen LogP contribution in [0.1, 0.15) is 23.9 Å². The Morgan fingerprint density at radius 3 is 2.46 bits per heavy atom. The first-order chi connectivity index (χ1) is 12.7. The molecular weight excluding hydrogens is 346 g/mol. The Morgan fingerprint density at radius 2 is 1.73 bits per heavy atom. The minimum Gasteiger partial charge on any atom is -0.481 e. The number of benzene rings is 2. The van der Waals surface area contributed by atoms with Gasteiger partial charge in [-0.2, -0.15) is 0 Å². The molecule has 0 unspecified atom stereocenters. The molecule has 1 heterocycles. The highest BCUT2D eigenvalue weighted by Crippen LogP contribution is 2.18. The molecule has 3 rings (SSSR count). The molecule has 0 saturated carbocycles. The molecule has 5 nitrogen and oxygen atoms in total. The van der Waals surface area contributed by atoms with Crippen molar-refractivity contribution in [1.82, 2.24) is 10.2 Å². The van der Waals surface area contributed by atoms with Crippen LogP contribution in [0, 0.1) is 0 Å². The number of nitrogens with one attached hydrogen (secondary N) is 1. The first-order valence-electron chi connectivity index (χ1n) is 8.59. The Kier molecular flexibility index (Phi) is 6.33. The molecule has 1 aromatic heterocycles. The van der Waals surface area contributed by atoms with Crippen molar-refractivity contribution in [1.29, 1.82) is 0 Å². The largest absolute Gasteiger partial charge is 0.481 e. The maximum Gasteiger partial charge on any atom is 0.266 e. The molecule has 0 fully saturated rings. The predicted molar refractivity (Wildman–Crippen MR) is 104 cm³/mol. The van der Waals surface area contributed by atoms with Crippen LogP contribution in [0.25, 0.3) is 0 Å². The molecule has 134 valence electrons. The number of ether oxygens (including phenoxy) is 1. The Hall–Kier alpha value is -2.73. The van der Waals surface area contributed by atoms with Crippen molar-refractivity contribution in [3.8, 4) is 5.75 Å². The molecule has 0 spiro atoms. The third kappa shape index (κ3) is 5.39. The van der Waals surface area contributed by atoms with E-state index >= 15 is 0 Å². The van der Waals surface area contributed by atoms with Crippen molar-refractivity contribution in [2.24, 2.45) is 0 Å². The molecule has 0 aliphatic carbocycles. The van der Waals surface area contributed by atoms with E-state index < -0.39 is 6.10 Å². The maximum absolute atomic E-state index is 12.2. The molecule has 1 N–H and O–H groups in total. The average Bonchev–Trinajstić information content (AvgIpc) is 3.10. The second-order valence-electron chi connectivity index (χ2n) is 5.90. The van der Waals surface area contributed by atoms with Gasteiger partial charge in [-0.25, -0.2) is 0 Å². The molecule has 26 heavy (non-hydrogen) atoms. The maximum atomic E-state index is 12.2. The summed E-state index contributed by atoms with van der Waals surface area (Å²) in [5.74, 6) is 0.426. The molecular formula is C20H21N3O2S. The summed E-state index contributed by atoms with van der Waals surface area (Å²) >= 11 is 1.41. The number of aryl methyl sites for hydroxylation is 2. The minimum absolute atomic E-state index is 0.235. The number of para-hydroxylation sites is 1. The van der Waals surface area contributed by atoms with Gasteiger partial charge in [-0.1, -0.05) is 59.9 Å². The fourth-order valence-corrected chi connectivity index (χ4v) is 3.24. The van der Waals surface area contributed by atoms with E-state index in [1.165, 1.54) is 16.9 Å². The normalized spacial score (nSPS) is 11.7. The quantitative estimate of drug-likeness (QED) is 0.650. The summed E-state index contributed by atoms with van der Waals surface area (Å²) in [6.45, 7) is 1.71. The van der Waals surface area contributed by atoms with Crippen LogP contribution in [0.2, 0.25) is 0 Å². The Balaban J connectivity index is 1.46. The number of anilines is 1. The zero-order valence-electron chi connectivity index (χ0n) is 14.6. The zero-order valence-corrected chi connectivity index (χ0v) is 15.4. The standard InChI is InChI=1S/C20H21N3O2S/c1-15(25-17-12-6-3-7-13-17)19(24)21-20-23-22-18(26-20)14-8-11-16-9-4-2-5-10-16/h2-7,9-10,12-13,15H,8,11,14H2,1H3,(H,21,23,24)/t15-/m0/s1. The molecule has 1 amide bonds. The summed E-state index contributed by atoms with van der Waals surface area (Å²) in [5, 5.41) is 12.4. The topological polar surface area (TPSA) is 64.1 Å². The summed E-state index contributed by atoms with van der Waals surface area (Å²) in [5.41, 5.74) is 1.32. The second kappa shape index (κ2) is 9.10. The van der Waals surface area contributed by atoms with Crippen LogP contribution in [-0.2, 0) is 17.6 Å². The van der Waals surface area contributed by atoms with Crippen LogP contribution in [0.5, 0.6) is 5.75 Å². The lowest BCUT2D eigenvalue weighted by Gasteiger charge is -2.13. The molecule has 6 heteroatoms. The lowest BCUT2D eigenvalue weighted by Crippen LogP contribution is -2.30. The Morgan fingerprint density at radius 1 is 1.04 bits per heavy atom. The highest BCUT2D eigenvalue weighted by Gasteiger charge is 2.16. The van der Waals surface area contributed by atoms with Gasteiger partial charge in [0.05, 0.1) is 0 Å². The van der Waals surface area contributed by atoms with Crippen LogP contribution in [0.4, 0.5) is 5.13 Å². The molecule has 0 bridgehead atoms. The van der Waals surface area contributed by atoms with Crippen molar-refractivity contribution in [2.75, 3.05) is 5.32 Å². The fraction of sp³-hybridized carbons (Fsp3) is 0.250. The summed E-state index contributed by atoms with van der Waals surface area (Å²) < 4.78 is 5.61. The molecule has 0 saturated heterocycles. The SMILES string of the molecule is C[C@H](Oc1ccccc1)C(=O)Nc1nnc(CCCc2ccccc2)s1. The summed E-state index contributed by atoms with van der Waals surface area (Å²) in [4.78, 5) is 12.2. The van der Waals surface area contributed by atoms with Gasteiger partial charge in [0.25, 0.3) is 5.91 Å². The first-order valence-corrected chi connectivity index (χ1v) is 9.41. The molecule has 0 aliphatic heterocycles. The van der Waals surface area contributed by atoms with Crippen LogP contribution >= 0.6 is 11.3 Å². The number of carbonyl (C=O) groups excluding carboxylic acids is 1. The average molecular weight is 367 g/mol. The zero-order chi connectivity index (χ0) is 18.2. The number of hydrogen-bond donors (Lipinski definition) is 1. The van der Waals surface area contributed by atoms with Crippen molar-refractivity contribution in [2.45, 2.75) is 32.3 Å². The van der Waals surface area contributed by atoms with E-state index in [0.29, 0.717) is 10.9 Å². The van der Waals surface area contributed by atoms with Gasteiger partial charge in [0, 0.05) is 6.42 Å². The Bertz CT molecular complexity index is 821. The fourth-order valence-electron chi connectivity index (χ4n) is 2.46. The molecule has 0 radical (unpaired) electrons. The monoisotopic (exact) mass is 367 g/mol. The molecule has 3 aromatic rings. The number of carbonyl (C=O) groups is 1. The van der Waals surface area contributed by atoms with Gasteiger partial charge in [-0.15, -0.1) is 10.2 Å². The van der Waals surface area contributed by atoms with Crippen LogP contribution in [0.15, 0.2) is 60.7 Å². The molecule has 1 atom stereocenters. The number of amides is 1. The van der Waals surface area contributed by atoms with Gasteiger partial charge < -0.3 is 4.74 Å². The number of aromatic nitrogens is 2. The molecule has 2 aromatic carbocycles. The van der Waals surface area contributed by atoms with Crippen LogP contribution < -0.4 is 10.1 Å². The number of hydrogen-bond acceptors (Lipinski definition) is 5. The van der Waals surface area contributed by atoms with Crippen LogP contribution in [-0.4, -0.2) is 22.2 Å². The van der Waals surface area contributed by atoms with Gasteiger partial charge in [0.1, 0.15) is 10.8 Å². The van der Waals surface area contributed by atoms with E-state index in [2.05, 4.69) is 27.6 Å². The van der Waals surface area contributed by atoms with E-state index in [1.807, 2.05) is 48.5 Å². The van der Waals surface area contributed by atoms with E-state index in [-0.39, 0.29) is 5.91 Å². The van der Waals surface area contributed by atoms with E-state index in [9.17, 15) is 4.79 Å². The first kappa shape index (κ1) is 18.1. The number of nitrogens with zero attached hydrogens (tertiary/aromatic N) is 2. The Labute approximate surface area is 157 Å². The smallest absolute Gasteiger partial charge is 0.266 e. The van der Waals surface area contributed by atoms with Gasteiger partial charge in [0.2, 0.25) is 5.13 Å². The lowest BCUT2D eigenvalue weighted by molar-refractivity contribution is -0.122. The summed E-state index contributed by atoms with van der Waals surface area (Å²) in [7, 11) is 0.